The van der Waals surface area contributed by atoms with Crippen LogP contribution in [0.25, 0.3) is 32.3 Å². The van der Waals surface area contributed by atoms with Gasteiger partial charge < -0.3 is 50.6 Å². The van der Waals surface area contributed by atoms with Gasteiger partial charge in [0.1, 0.15) is 17.2 Å². The van der Waals surface area contributed by atoms with E-state index in [1.54, 1.807) is 18.2 Å². The molecule has 0 radical (unpaired) electrons. The Balaban J connectivity index is -0.000000107. The standard InChI is InChI=1S/C18H30N2O2Si3.3C10H8O.2C10H14.C6H20N2OSi2.14CH4/c1-23(2,15-19)21-25(22-24(3,4)16-20,17-11-7-5-8-12-17)18-13-9-6-10-14-18;3*11-10-7-3-5-8-4-1-2-6-9(8)10;2*1-3-9-5-7-10(4-2)8-6-9;1-10(2,5-7)9-11(3,4)6-8;;;;;;;;;;;;;;/h5-14H,15-16,19-20H2,1-4H3;3*1-7,11H;2*5-8H,3-4H2,1-2H3;5-8H2,1-4H3;14*1H4. The molecule has 10 aromatic carbocycles. The molecule has 0 amide bonds. The molecule has 0 aliphatic heterocycles. The first-order valence-corrected chi connectivity index (χ1v) is 45.4. The van der Waals surface area contributed by atoms with Gasteiger partial charge in [0.15, 0.2) is 33.3 Å². The zero-order valence-electron chi connectivity index (χ0n) is 55.0. The average Bonchev–Trinajstić information content (AvgIpc) is 0.760. The number of hydrogen-bond acceptors (Lipinski definition) is 10. The Bertz CT molecular complexity index is 3230. The van der Waals surface area contributed by atoms with Crippen LogP contribution in [0.5, 0.6) is 17.2 Å². The van der Waals surface area contributed by atoms with Gasteiger partial charge in [-0.05, 0) is 145 Å². The number of fused-ring (bicyclic) bond motifs is 3. The van der Waals surface area contributed by atoms with Gasteiger partial charge in [-0.15, -0.1) is 0 Å². The highest BCUT2D eigenvalue weighted by atomic mass is 28.5. The maximum absolute atomic E-state index is 9.37. The van der Waals surface area contributed by atoms with Crippen LogP contribution in [-0.2, 0) is 38.0 Å². The van der Waals surface area contributed by atoms with Crippen LogP contribution >= 0.6 is 0 Å². The van der Waals surface area contributed by atoms with Crippen molar-refractivity contribution in [1.82, 2.24) is 0 Å². The van der Waals surface area contributed by atoms with E-state index in [-0.39, 0.29) is 104 Å². The van der Waals surface area contributed by atoms with Crippen molar-refractivity contribution in [2.75, 3.05) is 24.7 Å². The second-order valence-electron chi connectivity index (χ2n) is 24.1. The minimum Gasteiger partial charge on any atom is -0.507 e. The molecule has 103 heavy (non-hydrogen) atoms. The SMILES string of the molecule is C.C.C.C.C.C.C.C.C.C.C.C.C.C.CCc1ccc(CC)cc1.CCc1ccc(CC)cc1.C[Si](C)(CN)O[Si](C)(C)CN.C[Si](C)(CN)O[Si](O[Si](C)(C)CN)(c1ccccc1)c1ccccc1.Oc1cccc2ccccc12.Oc1cccc2ccccc12.Oc1cccc2ccccc12. The third kappa shape index (κ3) is 40.9. The van der Waals surface area contributed by atoms with E-state index in [4.69, 9.17) is 35.3 Å². The lowest BCUT2D eigenvalue weighted by Crippen LogP contribution is -2.72. The van der Waals surface area contributed by atoms with E-state index in [9.17, 15) is 15.3 Å². The molecule has 0 aliphatic carbocycles. The maximum atomic E-state index is 9.37. The zero-order valence-corrected chi connectivity index (χ0v) is 60.0. The molecular formula is C88H158N4O6Si5. The molecule has 10 rings (SSSR count). The Kier molecular flexibility index (Phi) is 70.5. The van der Waals surface area contributed by atoms with E-state index < -0.39 is 41.8 Å². The highest BCUT2D eigenvalue weighted by Crippen LogP contribution is 2.26. The number of rotatable bonds is 16. The monoisotopic (exact) mass is 1510 g/mol. The van der Waals surface area contributed by atoms with Gasteiger partial charge in [-0.2, -0.15) is 0 Å². The van der Waals surface area contributed by atoms with E-state index in [0.29, 0.717) is 41.9 Å². The van der Waals surface area contributed by atoms with Crippen molar-refractivity contribution in [3.05, 3.63) is 259 Å². The van der Waals surface area contributed by atoms with Gasteiger partial charge in [0, 0.05) is 40.8 Å². The van der Waals surface area contributed by atoms with Crippen LogP contribution in [0.15, 0.2) is 237 Å². The second-order valence-corrected chi connectivity index (χ2v) is 44.6. The summed E-state index contributed by atoms with van der Waals surface area (Å²) in [6.45, 7) is 25.9. The summed E-state index contributed by atoms with van der Waals surface area (Å²) < 4.78 is 19.7. The van der Waals surface area contributed by atoms with Crippen LogP contribution in [0, 0.1) is 0 Å². The van der Waals surface area contributed by atoms with Crippen molar-refractivity contribution < 1.29 is 27.7 Å². The molecule has 15 heteroatoms. The molecular weight excluding hydrogens is 1350 g/mol. The summed E-state index contributed by atoms with van der Waals surface area (Å²) in [6, 6.07) is 78.2. The van der Waals surface area contributed by atoms with E-state index in [0.717, 1.165) is 68.4 Å². The second kappa shape index (κ2) is 60.5. The van der Waals surface area contributed by atoms with Crippen molar-refractivity contribution in [3.8, 4) is 17.2 Å². The van der Waals surface area contributed by atoms with Crippen LogP contribution < -0.4 is 33.3 Å². The Morgan fingerprint density at radius 2 is 0.427 bits per heavy atom. The number of nitrogens with two attached hydrogens (primary N) is 4. The van der Waals surface area contributed by atoms with Gasteiger partial charge in [-0.3, -0.25) is 0 Å². The molecule has 0 unspecified atom stereocenters. The molecule has 0 saturated heterocycles. The largest absolute Gasteiger partial charge is 0.507 e. The smallest absolute Gasteiger partial charge is 0.386 e. The van der Waals surface area contributed by atoms with Gasteiger partial charge in [0.05, 0.1) is 0 Å². The van der Waals surface area contributed by atoms with Crippen molar-refractivity contribution in [2.45, 2.75) is 210 Å². The fourth-order valence-corrected chi connectivity index (χ4v) is 26.6. The summed E-state index contributed by atoms with van der Waals surface area (Å²) in [6.07, 6.45) is 7.04. The molecule has 10 aromatic rings. The molecule has 0 heterocycles. The minimum atomic E-state index is -2.90. The fourth-order valence-electron chi connectivity index (χ4n) is 9.08. The molecule has 0 aliphatic rings. The molecule has 0 spiro atoms. The number of phenolic OH excluding ortho intramolecular Hbond substituents is 3. The number of aromatic hydroxyl groups is 3. The summed E-state index contributed by atoms with van der Waals surface area (Å²) >= 11 is 0. The average molecular weight is 1510 g/mol. The van der Waals surface area contributed by atoms with Gasteiger partial charge >= 0.3 is 8.56 Å². The lowest BCUT2D eigenvalue weighted by atomic mass is 10.1. The first kappa shape index (κ1) is 120. The first-order chi connectivity index (χ1) is 42.4. The quantitative estimate of drug-likeness (QED) is 0.0458. The first-order valence-electron chi connectivity index (χ1n) is 31.1. The molecule has 0 saturated carbocycles. The molecule has 11 N–H and O–H groups in total. The number of phenols is 3. The van der Waals surface area contributed by atoms with Crippen LogP contribution in [0.1, 0.15) is 154 Å². The third-order valence-electron chi connectivity index (χ3n) is 14.6. The van der Waals surface area contributed by atoms with Crippen molar-refractivity contribution in [2.24, 2.45) is 22.9 Å². The summed E-state index contributed by atoms with van der Waals surface area (Å²) in [4.78, 5) is 0. The highest BCUT2D eigenvalue weighted by Gasteiger charge is 2.50. The van der Waals surface area contributed by atoms with Crippen LogP contribution in [0.2, 0.25) is 52.4 Å². The number of benzene rings is 10. The van der Waals surface area contributed by atoms with Gasteiger partial charge in [0.25, 0.3) is 0 Å². The minimum absolute atomic E-state index is 0. The maximum Gasteiger partial charge on any atom is 0.386 e. The normalized spacial score (nSPS) is 9.79. The summed E-state index contributed by atoms with van der Waals surface area (Å²) in [5.41, 5.74) is 29.0. The van der Waals surface area contributed by atoms with Crippen LogP contribution in [-0.4, -0.2) is 81.8 Å². The van der Waals surface area contributed by atoms with Crippen molar-refractivity contribution in [3.63, 3.8) is 0 Å². The van der Waals surface area contributed by atoms with Crippen LogP contribution in [0.3, 0.4) is 0 Å². The zero-order chi connectivity index (χ0) is 65.5. The third-order valence-corrected chi connectivity index (χ3v) is 31.9. The van der Waals surface area contributed by atoms with E-state index in [1.165, 1.54) is 22.3 Å². The predicted octanol–water partition coefficient (Wildman–Crippen LogP) is 24.3. The summed E-state index contributed by atoms with van der Waals surface area (Å²) in [7, 11) is -10.2. The Labute approximate surface area is 641 Å². The summed E-state index contributed by atoms with van der Waals surface area (Å²) in [5, 5.41) is 36.3. The molecule has 0 atom stereocenters. The Hall–Kier alpha value is -6.82. The van der Waals surface area contributed by atoms with Gasteiger partial charge in [-0.25, -0.2) is 0 Å². The van der Waals surface area contributed by atoms with E-state index >= 15 is 0 Å². The van der Waals surface area contributed by atoms with Crippen LogP contribution in [0.4, 0.5) is 0 Å². The number of aryl methyl sites for hydroxylation is 4. The highest BCUT2D eigenvalue weighted by molar-refractivity contribution is 7.02. The van der Waals surface area contributed by atoms with E-state index in [2.05, 4.69) is 153 Å². The summed E-state index contributed by atoms with van der Waals surface area (Å²) in [5.74, 6) is 1.05. The van der Waals surface area contributed by atoms with Gasteiger partial charge in [0.2, 0.25) is 0 Å². The lowest BCUT2D eigenvalue weighted by Gasteiger charge is -2.42. The van der Waals surface area contributed by atoms with E-state index in [1.807, 2.05) is 146 Å². The molecule has 0 bridgehead atoms. The topological polar surface area (TPSA) is 192 Å². The Morgan fingerprint density at radius 1 is 0.243 bits per heavy atom. The lowest BCUT2D eigenvalue weighted by molar-refractivity contribution is 0.407. The van der Waals surface area contributed by atoms with Gasteiger partial charge in [-0.1, -0.05) is 350 Å². The van der Waals surface area contributed by atoms with Crippen molar-refractivity contribution >= 4 is 84.5 Å². The predicted molar refractivity (Wildman–Crippen MR) is 489 cm³/mol. The molecule has 586 valence electrons. The fraction of sp³-hybridized carbons (Fsp3) is 0.386. The molecule has 10 nitrogen and oxygen atoms in total. The molecule has 0 fully saturated rings. The molecule has 0 aromatic heterocycles. The van der Waals surface area contributed by atoms with Crippen molar-refractivity contribution in [1.29, 1.82) is 0 Å². The number of hydrogen-bond donors (Lipinski definition) is 7. The Morgan fingerprint density at radius 3 is 0.621 bits per heavy atom.